The molecule has 0 aliphatic heterocycles. The van der Waals surface area contributed by atoms with Crippen LogP contribution < -0.4 is 4.72 Å². The summed E-state index contributed by atoms with van der Waals surface area (Å²) in [4.78, 5) is 2.26. The van der Waals surface area contributed by atoms with E-state index in [-0.39, 0.29) is 6.04 Å². The van der Waals surface area contributed by atoms with Crippen molar-refractivity contribution in [2.75, 3.05) is 0 Å². The van der Waals surface area contributed by atoms with Gasteiger partial charge in [0.05, 0.1) is 6.07 Å². The summed E-state index contributed by atoms with van der Waals surface area (Å²) in [6, 6.07) is 3.50. The van der Waals surface area contributed by atoms with Crippen LogP contribution in [0, 0.1) is 25.2 Å². The lowest BCUT2D eigenvalue weighted by atomic mass is 10.1. The van der Waals surface area contributed by atoms with Crippen molar-refractivity contribution >= 4 is 21.4 Å². The molecule has 2 atom stereocenters. The van der Waals surface area contributed by atoms with Crippen LogP contribution >= 0.6 is 11.3 Å². The van der Waals surface area contributed by atoms with E-state index in [1.165, 1.54) is 0 Å². The van der Waals surface area contributed by atoms with E-state index in [0.29, 0.717) is 6.42 Å². The normalized spacial score (nSPS) is 15.1. The topological polar surface area (TPSA) is 70.0 Å². The molecular weight excluding hydrogens is 268 g/mol. The van der Waals surface area contributed by atoms with Gasteiger partial charge >= 0.3 is 0 Å². The fraction of sp³-hybridized carbons (Fsp3) is 0.583. The fourth-order valence-electron chi connectivity index (χ4n) is 1.85. The molecule has 6 heteroatoms. The third-order valence-electron chi connectivity index (χ3n) is 2.78. The molecule has 1 rings (SSSR count). The Morgan fingerprint density at radius 3 is 2.50 bits per heavy atom. The second-order valence-corrected chi connectivity index (χ2v) is 7.63. The quantitative estimate of drug-likeness (QED) is 0.904. The van der Waals surface area contributed by atoms with Gasteiger partial charge in [0.2, 0.25) is 10.0 Å². The average Bonchev–Trinajstić information content (AvgIpc) is 2.58. The molecule has 0 radical (unpaired) electrons. The molecule has 0 saturated heterocycles. The summed E-state index contributed by atoms with van der Waals surface area (Å²) >= 11 is 1.64. The van der Waals surface area contributed by atoms with Gasteiger partial charge in [0, 0.05) is 15.8 Å². The van der Waals surface area contributed by atoms with Crippen molar-refractivity contribution in [3.63, 3.8) is 0 Å². The molecule has 0 saturated carbocycles. The molecule has 0 spiro atoms. The van der Waals surface area contributed by atoms with Gasteiger partial charge in [0.25, 0.3) is 0 Å². The van der Waals surface area contributed by atoms with Gasteiger partial charge in [-0.25, -0.2) is 13.1 Å². The summed E-state index contributed by atoms with van der Waals surface area (Å²) in [6.45, 7) is 7.46. The van der Waals surface area contributed by atoms with Crippen molar-refractivity contribution < 1.29 is 8.42 Å². The minimum absolute atomic E-state index is 0.292. The highest BCUT2D eigenvalue weighted by Gasteiger charge is 2.26. The first-order valence-electron chi connectivity index (χ1n) is 5.79. The first-order chi connectivity index (χ1) is 8.31. The van der Waals surface area contributed by atoms with Crippen LogP contribution in [0.3, 0.4) is 0 Å². The smallest absolute Gasteiger partial charge is 0.211 e. The Balaban J connectivity index is 2.92. The zero-order valence-electron chi connectivity index (χ0n) is 11.0. The minimum atomic E-state index is -3.58. The maximum absolute atomic E-state index is 12.0. The van der Waals surface area contributed by atoms with E-state index < -0.39 is 15.3 Å². The predicted molar refractivity (Wildman–Crippen MR) is 74.0 cm³/mol. The molecule has 1 N–H and O–H groups in total. The number of nitrogens with zero attached hydrogens (tertiary/aromatic N) is 1. The first kappa shape index (κ1) is 15.2. The molecule has 2 unspecified atom stereocenters. The maximum atomic E-state index is 12.0. The number of rotatable bonds is 5. The van der Waals surface area contributed by atoms with Crippen LogP contribution in [0.2, 0.25) is 0 Å². The summed E-state index contributed by atoms with van der Waals surface area (Å²) in [5, 5.41) is 7.85. The van der Waals surface area contributed by atoms with E-state index in [2.05, 4.69) is 4.72 Å². The Labute approximate surface area is 113 Å². The van der Waals surface area contributed by atoms with Crippen molar-refractivity contribution in [3.8, 4) is 6.07 Å². The zero-order valence-corrected chi connectivity index (χ0v) is 12.7. The monoisotopic (exact) mass is 286 g/mol. The van der Waals surface area contributed by atoms with Crippen molar-refractivity contribution in [3.05, 3.63) is 21.4 Å². The fourth-order valence-corrected chi connectivity index (χ4v) is 4.24. The Hall–Kier alpha value is -0.900. The SMILES string of the molecule is CCC(C#N)S(=O)(=O)NC(C)c1cc(C)sc1C. The summed E-state index contributed by atoms with van der Waals surface area (Å²) in [5.74, 6) is 0. The van der Waals surface area contributed by atoms with Gasteiger partial charge in [-0.15, -0.1) is 11.3 Å². The zero-order chi connectivity index (χ0) is 13.9. The lowest BCUT2D eigenvalue weighted by molar-refractivity contribution is 0.558. The number of nitrogens with one attached hydrogen (secondary N) is 1. The number of hydrogen-bond acceptors (Lipinski definition) is 4. The highest BCUT2D eigenvalue weighted by atomic mass is 32.2. The van der Waals surface area contributed by atoms with Crippen LogP contribution in [-0.2, 0) is 10.0 Å². The lowest BCUT2D eigenvalue weighted by Crippen LogP contribution is -2.35. The number of hydrogen-bond donors (Lipinski definition) is 1. The van der Waals surface area contributed by atoms with Gasteiger partial charge in [-0.2, -0.15) is 5.26 Å². The predicted octanol–water partition coefficient (Wildman–Crippen LogP) is 2.65. The maximum Gasteiger partial charge on any atom is 0.228 e. The molecule has 0 fully saturated rings. The number of thiophene rings is 1. The van der Waals surface area contributed by atoms with Crippen molar-refractivity contribution in [1.29, 1.82) is 5.26 Å². The minimum Gasteiger partial charge on any atom is -0.211 e. The van der Waals surface area contributed by atoms with Gasteiger partial charge in [0.1, 0.15) is 0 Å². The molecule has 100 valence electrons. The molecular formula is C12H18N2O2S2. The highest BCUT2D eigenvalue weighted by molar-refractivity contribution is 7.90. The highest BCUT2D eigenvalue weighted by Crippen LogP contribution is 2.26. The summed E-state index contributed by atoms with van der Waals surface area (Å²) in [5.41, 5.74) is 0.980. The molecule has 0 aliphatic rings. The number of aryl methyl sites for hydroxylation is 2. The van der Waals surface area contributed by atoms with Crippen molar-refractivity contribution in [2.45, 2.75) is 45.4 Å². The van der Waals surface area contributed by atoms with Crippen molar-refractivity contribution in [2.24, 2.45) is 0 Å². The first-order valence-corrected chi connectivity index (χ1v) is 8.15. The molecule has 4 nitrogen and oxygen atoms in total. The number of nitriles is 1. The van der Waals surface area contributed by atoms with Crippen LogP contribution in [0.15, 0.2) is 6.07 Å². The summed E-state index contributed by atoms with van der Waals surface area (Å²) in [7, 11) is -3.58. The van der Waals surface area contributed by atoms with Crippen LogP contribution in [0.5, 0.6) is 0 Å². The van der Waals surface area contributed by atoms with E-state index in [1.807, 2.05) is 26.0 Å². The second kappa shape index (κ2) is 5.83. The van der Waals surface area contributed by atoms with Gasteiger partial charge in [-0.3, -0.25) is 0 Å². The van der Waals surface area contributed by atoms with E-state index in [0.717, 1.165) is 15.3 Å². The van der Waals surface area contributed by atoms with Crippen LogP contribution in [0.4, 0.5) is 0 Å². The second-order valence-electron chi connectivity index (χ2n) is 4.28. The number of sulfonamides is 1. The molecule has 0 aliphatic carbocycles. The molecule has 18 heavy (non-hydrogen) atoms. The van der Waals surface area contributed by atoms with Crippen LogP contribution in [-0.4, -0.2) is 13.7 Å². The molecule has 0 aromatic carbocycles. The van der Waals surface area contributed by atoms with Crippen LogP contribution in [0.25, 0.3) is 0 Å². The van der Waals surface area contributed by atoms with E-state index >= 15 is 0 Å². The average molecular weight is 286 g/mol. The molecule has 1 heterocycles. The van der Waals surface area contributed by atoms with E-state index in [9.17, 15) is 8.42 Å². The van der Waals surface area contributed by atoms with Crippen LogP contribution in [0.1, 0.15) is 41.6 Å². The Bertz CT molecular complexity index is 555. The van der Waals surface area contributed by atoms with Gasteiger partial charge in [0.15, 0.2) is 5.25 Å². The largest absolute Gasteiger partial charge is 0.228 e. The Morgan fingerprint density at radius 1 is 1.50 bits per heavy atom. The lowest BCUT2D eigenvalue weighted by Gasteiger charge is -2.16. The summed E-state index contributed by atoms with van der Waals surface area (Å²) in [6.07, 6.45) is 0.292. The van der Waals surface area contributed by atoms with E-state index in [1.54, 1.807) is 25.2 Å². The third-order valence-corrected chi connectivity index (χ3v) is 5.63. The molecule has 0 bridgehead atoms. The summed E-state index contributed by atoms with van der Waals surface area (Å²) < 4.78 is 26.5. The van der Waals surface area contributed by atoms with E-state index in [4.69, 9.17) is 5.26 Å². The van der Waals surface area contributed by atoms with Gasteiger partial charge in [-0.05, 0) is 38.8 Å². The molecule has 1 aromatic heterocycles. The third kappa shape index (κ3) is 3.31. The van der Waals surface area contributed by atoms with Gasteiger partial charge in [-0.1, -0.05) is 6.92 Å². The standard InChI is InChI=1S/C12H18N2O2S2/c1-5-11(7-13)18(15,16)14-9(3)12-6-8(2)17-10(12)4/h6,9,11,14H,5H2,1-4H3. The molecule has 1 aromatic rings. The van der Waals surface area contributed by atoms with Crippen molar-refractivity contribution in [1.82, 2.24) is 4.72 Å². The van der Waals surface area contributed by atoms with Gasteiger partial charge < -0.3 is 0 Å². The Kier molecular flexibility index (Phi) is 4.91. The Morgan fingerprint density at radius 2 is 2.11 bits per heavy atom. The molecule has 0 amide bonds.